The number of aliphatic imine (C=N–C) groups is 1. The molecule has 4 heteroatoms. The molecular weight excluding hydrogens is 250 g/mol. The van der Waals surface area contributed by atoms with Gasteiger partial charge in [-0.15, -0.1) is 0 Å². The third-order valence-corrected chi connectivity index (χ3v) is 3.35. The lowest BCUT2D eigenvalue weighted by Gasteiger charge is -2.26. The number of para-hydroxylation sites is 1. The first-order valence-electron chi connectivity index (χ1n) is 6.93. The van der Waals surface area contributed by atoms with E-state index in [1.807, 2.05) is 24.3 Å². The Hall–Kier alpha value is -1.68. The minimum absolute atomic E-state index is 0.0142. The highest BCUT2D eigenvalue weighted by molar-refractivity contribution is 6.12. The molecule has 1 atom stereocenters. The Morgan fingerprint density at radius 3 is 2.75 bits per heavy atom. The van der Waals surface area contributed by atoms with E-state index in [1.165, 1.54) is 0 Å². The highest BCUT2D eigenvalue weighted by atomic mass is 16.2. The topological polar surface area (TPSA) is 44.7 Å². The molecule has 2 rings (SSSR count). The molecule has 4 nitrogen and oxygen atoms in total. The zero-order valence-electron chi connectivity index (χ0n) is 12.7. The van der Waals surface area contributed by atoms with Gasteiger partial charge in [-0.1, -0.05) is 32.0 Å². The van der Waals surface area contributed by atoms with Crippen LogP contribution in [0.5, 0.6) is 0 Å². The second kappa shape index (κ2) is 5.75. The third-order valence-electron chi connectivity index (χ3n) is 3.35. The summed E-state index contributed by atoms with van der Waals surface area (Å²) < 4.78 is 0. The van der Waals surface area contributed by atoms with E-state index >= 15 is 0 Å². The van der Waals surface area contributed by atoms with Crippen LogP contribution in [0.15, 0.2) is 29.3 Å². The molecule has 0 spiro atoms. The van der Waals surface area contributed by atoms with Crippen molar-refractivity contribution in [3.8, 4) is 0 Å². The standard InChI is InChI=1S/C16H23N3O/c1-16(2,11-19(3)4)10-17-9-13-12-7-5-6-8-14(12)18-15(13)20/h5-9,13H,10-11H2,1-4H3,(H,18,20). The summed E-state index contributed by atoms with van der Waals surface area (Å²) in [6.45, 7) is 6.06. The van der Waals surface area contributed by atoms with E-state index in [0.717, 1.165) is 24.3 Å². The molecule has 1 aliphatic heterocycles. The van der Waals surface area contributed by atoms with Crippen molar-refractivity contribution in [1.82, 2.24) is 4.90 Å². The summed E-state index contributed by atoms with van der Waals surface area (Å²) in [6.07, 6.45) is 1.79. The van der Waals surface area contributed by atoms with E-state index in [2.05, 4.69) is 43.2 Å². The van der Waals surface area contributed by atoms with Gasteiger partial charge in [-0.2, -0.15) is 0 Å². The molecule has 0 aromatic heterocycles. The monoisotopic (exact) mass is 273 g/mol. The lowest BCUT2D eigenvalue weighted by atomic mass is 9.93. The lowest BCUT2D eigenvalue weighted by molar-refractivity contribution is -0.115. The second-order valence-electron chi connectivity index (χ2n) is 6.45. The summed E-state index contributed by atoms with van der Waals surface area (Å²) in [5.74, 6) is -0.235. The second-order valence-corrected chi connectivity index (χ2v) is 6.45. The van der Waals surface area contributed by atoms with Crippen molar-refractivity contribution in [2.24, 2.45) is 10.4 Å². The zero-order valence-corrected chi connectivity index (χ0v) is 12.7. The van der Waals surface area contributed by atoms with Crippen LogP contribution in [0, 0.1) is 5.41 Å². The molecule has 1 N–H and O–H groups in total. The third kappa shape index (κ3) is 3.45. The van der Waals surface area contributed by atoms with Gasteiger partial charge in [0.15, 0.2) is 0 Å². The van der Waals surface area contributed by atoms with Gasteiger partial charge in [-0.25, -0.2) is 0 Å². The van der Waals surface area contributed by atoms with Crippen LogP contribution in [0.3, 0.4) is 0 Å². The predicted molar refractivity (Wildman–Crippen MR) is 83.5 cm³/mol. The molecule has 0 radical (unpaired) electrons. The van der Waals surface area contributed by atoms with Crippen LogP contribution in [-0.2, 0) is 4.79 Å². The predicted octanol–water partition coefficient (Wildman–Crippen LogP) is 2.38. The highest BCUT2D eigenvalue weighted by Crippen LogP contribution is 2.30. The largest absolute Gasteiger partial charge is 0.325 e. The molecule has 0 saturated heterocycles. The van der Waals surface area contributed by atoms with Crippen molar-refractivity contribution in [2.75, 3.05) is 32.5 Å². The number of hydrogen-bond donors (Lipinski definition) is 1. The van der Waals surface area contributed by atoms with Crippen LogP contribution in [0.4, 0.5) is 5.69 Å². The SMILES string of the molecule is CN(C)CC(C)(C)CN=CC1C(=O)Nc2ccccc21. The van der Waals surface area contributed by atoms with Crippen LogP contribution >= 0.6 is 0 Å². The van der Waals surface area contributed by atoms with Gasteiger partial charge < -0.3 is 10.2 Å². The number of nitrogens with zero attached hydrogens (tertiary/aromatic N) is 2. The maximum absolute atomic E-state index is 12.0. The Kier molecular flexibility index (Phi) is 4.23. The molecule has 1 aromatic carbocycles. The van der Waals surface area contributed by atoms with Crippen LogP contribution in [-0.4, -0.2) is 44.2 Å². The fourth-order valence-electron chi connectivity index (χ4n) is 2.69. The molecule has 108 valence electrons. The van der Waals surface area contributed by atoms with Crippen molar-refractivity contribution in [2.45, 2.75) is 19.8 Å². The summed E-state index contributed by atoms with van der Waals surface area (Å²) in [5, 5.41) is 2.89. The van der Waals surface area contributed by atoms with Crippen molar-refractivity contribution >= 4 is 17.8 Å². The number of rotatable bonds is 5. The van der Waals surface area contributed by atoms with Crippen molar-refractivity contribution < 1.29 is 4.79 Å². The summed E-state index contributed by atoms with van der Waals surface area (Å²) in [4.78, 5) is 18.6. The molecule has 20 heavy (non-hydrogen) atoms. The molecule has 1 heterocycles. The van der Waals surface area contributed by atoms with Crippen LogP contribution in [0.25, 0.3) is 0 Å². The van der Waals surface area contributed by atoms with Gasteiger partial charge in [0.2, 0.25) is 5.91 Å². The van der Waals surface area contributed by atoms with E-state index in [0.29, 0.717) is 0 Å². The van der Waals surface area contributed by atoms with Gasteiger partial charge in [-0.3, -0.25) is 9.79 Å². The average molecular weight is 273 g/mol. The van der Waals surface area contributed by atoms with E-state index < -0.39 is 0 Å². The summed E-state index contributed by atoms with van der Waals surface area (Å²) in [7, 11) is 4.12. The minimum atomic E-state index is -0.249. The molecule has 1 aliphatic rings. The molecular formula is C16H23N3O. The van der Waals surface area contributed by atoms with E-state index in [-0.39, 0.29) is 17.2 Å². The van der Waals surface area contributed by atoms with Crippen LogP contribution in [0.2, 0.25) is 0 Å². The summed E-state index contributed by atoms with van der Waals surface area (Å²) >= 11 is 0. The summed E-state index contributed by atoms with van der Waals surface area (Å²) in [6, 6.07) is 7.79. The maximum atomic E-state index is 12.0. The average Bonchev–Trinajstić information content (AvgIpc) is 2.64. The molecule has 0 fully saturated rings. The quantitative estimate of drug-likeness (QED) is 0.837. The number of nitrogens with one attached hydrogen (secondary N) is 1. The van der Waals surface area contributed by atoms with Crippen molar-refractivity contribution in [3.05, 3.63) is 29.8 Å². The fraction of sp³-hybridized carbons (Fsp3) is 0.500. The number of carbonyl (C=O) groups excluding carboxylic acids is 1. The zero-order chi connectivity index (χ0) is 14.8. The lowest BCUT2D eigenvalue weighted by Crippen LogP contribution is -2.31. The molecule has 0 saturated carbocycles. The Bertz CT molecular complexity index is 520. The first kappa shape index (κ1) is 14.7. The highest BCUT2D eigenvalue weighted by Gasteiger charge is 2.28. The fourth-order valence-corrected chi connectivity index (χ4v) is 2.69. The molecule has 0 bridgehead atoms. The Morgan fingerprint density at radius 2 is 2.05 bits per heavy atom. The minimum Gasteiger partial charge on any atom is -0.325 e. The number of carbonyl (C=O) groups is 1. The number of fused-ring (bicyclic) bond motifs is 1. The van der Waals surface area contributed by atoms with E-state index in [1.54, 1.807) is 6.21 Å². The van der Waals surface area contributed by atoms with Crippen LogP contribution in [0.1, 0.15) is 25.3 Å². The van der Waals surface area contributed by atoms with Gasteiger partial charge in [0.05, 0.1) is 0 Å². The summed E-state index contributed by atoms with van der Waals surface area (Å²) in [5.41, 5.74) is 2.03. The van der Waals surface area contributed by atoms with Crippen molar-refractivity contribution in [1.29, 1.82) is 0 Å². The molecule has 0 aliphatic carbocycles. The van der Waals surface area contributed by atoms with E-state index in [9.17, 15) is 4.79 Å². The van der Waals surface area contributed by atoms with Gasteiger partial charge in [-0.05, 0) is 31.1 Å². The van der Waals surface area contributed by atoms with Gasteiger partial charge in [0.25, 0.3) is 0 Å². The van der Waals surface area contributed by atoms with Crippen LogP contribution < -0.4 is 5.32 Å². The first-order chi connectivity index (χ1) is 9.39. The van der Waals surface area contributed by atoms with Gasteiger partial charge in [0.1, 0.15) is 5.92 Å². The van der Waals surface area contributed by atoms with Gasteiger partial charge >= 0.3 is 0 Å². The maximum Gasteiger partial charge on any atom is 0.237 e. The number of benzene rings is 1. The van der Waals surface area contributed by atoms with E-state index in [4.69, 9.17) is 0 Å². The smallest absolute Gasteiger partial charge is 0.237 e. The Balaban J connectivity index is 2.03. The van der Waals surface area contributed by atoms with Crippen molar-refractivity contribution in [3.63, 3.8) is 0 Å². The number of anilines is 1. The normalized spacial score (nSPS) is 18.6. The molecule has 1 unspecified atom stereocenters. The number of hydrogen-bond acceptors (Lipinski definition) is 3. The Labute approximate surface area is 120 Å². The number of amides is 1. The Morgan fingerprint density at radius 1 is 1.35 bits per heavy atom. The van der Waals surface area contributed by atoms with Gasteiger partial charge in [0, 0.05) is 25.0 Å². The molecule has 1 amide bonds. The first-order valence-corrected chi connectivity index (χ1v) is 6.93. The molecule has 1 aromatic rings.